The van der Waals surface area contributed by atoms with Crippen molar-refractivity contribution in [3.8, 4) is 0 Å². The van der Waals surface area contributed by atoms with E-state index in [4.69, 9.17) is 34.8 Å². The van der Waals surface area contributed by atoms with Crippen molar-refractivity contribution < 1.29 is 9.59 Å². The highest BCUT2D eigenvalue weighted by atomic mass is 35.5. The molecule has 3 N–H and O–H groups in total. The van der Waals surface area contributed by atoms with E-state index in [0.717, 1.165) is 23.8 Å². The van der Waals surface area contributed by atoms with Gasteiger partial charge in [-0.25, -0.2) is 0 Å². The minimum atomic E-state index is -1.80. The van der Waals surface area contributed by atoms with Crippen molar-refractivity contribution in [1.29, 1.82) is 0 Å². The standard InChI is InChI=1S/C27H27Cl3N6O2/c1-4-35(5-2)21-13-11-20(12-14-21)33-27(32-17(3)37)25(31-19-9-7-6-8-10-19)34-36(26(27)38)24-22(29)15-18(28)16-23(24)30/h6-16,33H,4-5H2,1-3H3,(H,31,34)(H,32,37). The molecule has 8 nitrogen and oxygen atoms in total. The van der Waals surface area contributed by atoms with Gasteiger partial charge in [0.1, 0.15) is 5.69 Å². The molecule has 0 saturated heterocycles. The van der Waals surface area contributed by atoms with Crippen LogP contribution in [-0.4, -0.2) is 36.4 Å². The Morgan fingerprint density at radius 2 is 1.55 bits per heavy atom. The van der Waals surface area contributed by atoms with Gasteiger partial charge in [0.2, 0.25) is 5.91 Å². The molecule has 198 valence electrons. The highest BCUT2D eigenvalue weighted by Gasteiger charge is 2.54. The average Bonchev–Trinajstić information content (AvgIpc) is 3.11. The van der Waals surface area contributed by atoms with Crippen LogP contribution in [-0.2, 0) is 9.59 Å². The van der Waals surface area contributed by atoms with Gasteiger partial charge in [0.25, 0.3) is 5.66 Å². The van der Waals surface area contributed by atoms with Gasteiger partial charge < -0.3 is 20.9 Å². The van der Waals surface area contributed by atoms with Crippen molar-refractivity contribution in [2.24, 2.45) is 5.10 Å². The molecular formula is C27H27Cl3N6O2. The van der Waals surface area contributed by atoms with Crippen LogP contribution in [0.15, 0.2) is 71.8 Å². The Bertz CT molecular complexity index is 1340. The van der Waals surface area contributed by atoms with Gasteiger partial charge in [-0.3, -0.25) is 9.59 Å². The average molecular weight is 574 g/mol. The Labute approximate surface area is 236 Å². The first-order valence-electron chi connectivity index (χ1n) is 12.0. The molecule has 1 aliphatic rings. The Hall–Kier alpha value is -3.46. The molecule has 3 aromatic rings. The number of para-hydroxylation sites is 1. The maximum absolute atomic E-state index is 14.2. The van der Waals surface area contributed by atoms with Crippen molar-refractivity contribution >= 4 is 75.2 Å². The number of carbonyl (C=O) groups excluding carboxylic acids is 2. The molecule has 2 amide bonds. The summed E-state index contributed by atoms with van der Waals surface area (Å²) in [5, 5.41) is 15.3. The minimum Gasteiger partial charge on any atom is -0.372 e. The van der Waals surface area contributed by atoms with Crippen LogP contribution in [0.4, 0.5) is 22.7 Å². The van der Waals surface area contributed by atoms with E-state index in [1.165, 1.54) is 19.1 Å². The van der Waals surface area contributed by atoms with Crippen molar-refractivity contribution in [1.82, 2.24) is 5.32 Å². The van der Waals surface area contributed by atoms with E-state index in [2.05, 4.69) is 39.8 Å². The lowest BCUT2D eigenvalue weighted by Crippen LogP contribution is -2.66. The van der Waals surface area contributed by atoms with Crippen molar-refractivity contribution in [3.05, 3.63) is 81.8 Å². The molecule has 0 bridgehead atoms. The van der Waals surface area contributed by atoms with E-state index in [9.17, 15) is 9.59 Å². The maximum Gasteiger partial charge on any atom is 0.302 e. The number of amides is 2. The van der Waals surface area contributed by atoms with Gasteiger partial charge in [-0.1, -0.05) is 53.0 Å². The first-order chi connectivity index (χ1) is 18.2. The van der Waals surface area contributed by atoms with E-state index < -0.39 is 17.5 Å². The SMILES string of the molecule is CCN(CC)c1ccc(NC2(NC(C)=O)C(=O)N(c3c(Cl)cc(Cl)cc3Cl)N=C2Nc2ccccc2)cc1. The summed E-state index contributed by atoms with van der Waals surface area (Å²) in [6.07, 6.45) is 0. The van der Waals surface area contributed by atoms with E-state index in [0.29, 0.717) is 16.4 Å². The predicted molar refractivity (Wildman–Crippen MR) is 157 cm³/mol. The molecule has 0 fully saturated rings. The summed E-state index contributed by atoms with van der Waals surface area (Å²) in [7, 11) is 0. The van der Waals surface area contributed by atoms with Crippen LogP contribution in [0.5, 0.6) is 0 Å². The van der Waals surface area contributed by atoms with E-state index in [-0.39, 0.29) is 21.6 Å². The first-order valence-corrected chi connectivity index (χ1v) is 13.1. The third-order valence-electron chi connectivity index (χ3n) is 5.99. The van der Waals surface area contributed by atoms with Gasteiger partial charge in [-0.05, 0) is 62.4 Å². The van der Waals surface area contributed by atoms with E-state index in [1.807, 2.05) is 54.6 Å². The number of halogens is 3. The molecule has 0 radical (unpaired) electrons. The summed E-state index contributed by atoms with van der Waals surface area (Å²) in [5.74, 6) is -0.952. The lowest BCUT2D eigenvalue weighted by atomic mass is 10.1. The lowest BCUT2D eigenvalue weighted by Gasteiger charge is -2.32. The van der Waals surface area contributed by atoms with Crippen molar-refractivity contribution in [3.63, 3.8) is 0 Å². The number of hydrogen-bond acceptors (Lipinski definition) is 6. The number of amidine groups is 1. The minimum absolute atomic E-state index is 0.124. The van der Waals surface area contributed by atoms with Crippen molar-refractivity contribution in [2.75, 3.05) is 33.6 Å². The molecule has 1 atom stereocenters. The number of anilines is 4. The zero-order valence-electron chi connectivity index (χ0n) is 21.1. The number of nitrogens with zero attached hydrogens (tertiary/aromatic N) is 3. The first kappa shape index (κ1) is 27.6. The smallest absolute Gasteiger partial charge is 0.302 e. The molecular weight excluding hydrogens is 547 g/mol. The summed E-state index contributed by atoms with van der Waals surface area (Å²) in [6, 6.07) is 19.7. The molecule has 0 spiro atoms. The zero-order chi connectivity index (χ0) is 27.4. The van der Waals surface area contributed by atoms with Crippen LogP contribution >= 0.6 is 34.8 Å². The molecule has 1 unspecified atom stereocenters. The molecule has 0 aliphatic carbocycles. The third kappa shape index (κ3) is 5.53. The van der Waals surface area contributed by atoms with Gasteiger partial charge in [0.15, 0.2) is 5.84 Å². The largest absolute Gasteiger partial charge is 0.372 e. The quantitative estimate of drug-likeness (QED) is 0.279. The second-order valence-corrected chi connectivity index (χ2v) is 9.80. The highest BCUT2D eigenvalue weighted by molar-refractivity contribution is 6.43. The predicted octanol–water partition coefficient (Wildman–Crippen LogP) is 6.21. The van der Waals surface area contributed by atoms with Gasteiger partial charge in [0, 0.05) is 42.1 Å². The molecule has 3 aromatic carbocycles. The van der Waals surface area contributed by atoms with Crippen LogP contribution in [0.2, 0.25) is 15.1 Å². The van der Waals surface area contributed by atoms with Gasteiger partial charge >= 0.3 is 5.91 Å². The fourth-order valence-electron chi connectivity index (χ4n) is 4.23. The van der Waals surface area contributed by atoms with Crippen LogP contribution < -0.4 is 25.9 Å². The molecule has 11 heteroatoms. The van der Waals surface area contributed by atoms with Crippen LogP contribution in [0.25, 0.3) is 0 Å². The third-order valence-corrected chi connectivity index (χ3v) is 6.78. The second kappa shape index (κ2) is 11.5. The summed E-state index contributed by atoms with van der Waals surface area (Å²) in [6.45, 7) is 7.20. The maximum atomic E-state index is 14.2. The molecule has 1 heterocycles. The van der Waals surface area contributed by atoms with Crippen LogP contribution in [0.3, 0.4) is 0 Å². The summed E-state index contributed by atoms with van der Waals surface area (Å²) < 4.78 is 0. The number of nitrogens with one attached hydrogen (secondary N) is 3. The summed E-state index contributed by atoms with van der Waals surface area (Å²) >= 11 is 19.0. The summed E-state index contributed by atoms with van der Waals surface area (Å²) in [4.78, 5) is 28.9. The van der Waals surface area contributed by atoms with E-state index >= 15 is 0 Å². The Kier molecular flexibility index (Phi) is 8.35. The lowest BCUT2D eigenvalue weighted by molar-refractivity contribution is -0.127. The summed E-state index contributed by atoms with van der Waals surface area (Å²) in [5.41, 5.74) is 0.610. The number of hydrazone groups is 1. The number of hydrogen-bond donors (Lipinski definition) is 3. The number of benzene rings is 3. The van der Waals surface area contributed by atoms with Crippen molar-refractivity contribution in [2.45, 2.75) is 26.4 Å². The fraction of sp³-hybridized carbons (Fsp3) is 0.222. The fourth-order valence-corrected chi connectivity index (χ4v) is 5.20. The van der Waals surface area contributed by atoms with Gasteiger partial charge in [0.05, 0.1) is 10.0 Å². The molecule has 0 aromatic heterocycles. The number of carbonyl (C=O) groups is 2. The molecule has 38 heavy (non-hydrogen) atoms. The Morgan fingerprint density at radius 3 is 2.11 bits per heavy atom. The van der Waals surface area contributed by atoms with Gasteiger partial charge in [-0.15, -0.1) is 5.10 Å². The second-order valence-electron chi connectivity index (χ2n) is 8.55. The normalized spacial score (nSPS) is 16.7. The van der Waals surface area contributed by atoms with Gasteiger partial charge in [-0.2, -0.15) is 5.01 Å². The molecule has 1 aliphatic heterocycles. The number of rotatable bonds is 8. The molecule has 4 rings (SSSR count). The topological polar surface area (TPSA) is 89.1 Å². The Balaban J connectivity index is 1.82. The zero-order valence-corrected chi connectivity index (χ0v) is 23.3. The van der Waals surface area contributed by atoms with Crippen LogP contribution in [0.1, 0.15) is 20.8 Å². The highest BCUT2D eigenvalue weighted by Crippen LogP contribution is 2.40. The van der Waals surface area contributed by atoms with E-state index in [1.54, 1.807) is 0 Å². The monoisotopic (exact) mass is 572 g/mol. The Morgan fingerprint density at radius 1 is 0.947 bits per heavy atom. The molecule has 0 saturated carbocycles. The van der Waals surface area contributed by atoms with Crippen LogP contribution in [0, 0.1) is 0 Å².